The molecule has 1 aromatic carbocycles. The van der Waals surface area contributed by atoms with E-state index >= 15 is 0 Å². The minimum Gasteiger partial charge on any atom is -0.495 e. The molecule has 0 aliphatic carbocycles. The van der Waals surface area contributed by atoms with Crippen molar-refractivity contribution in [2.24, 2.45) is 4.99 Å². The Kier molecular flexibility index (Phi) is 4.37. The van der Waals surface area contributed by atoms with Crippen LogP contribution in [0.5, 0.6) is 11.5 Å². The van der Waals surface area contributed by atoms with Crippen molar-refractivity contribution in [2.45, 2.75) is 0 Å². The van der Waals surface area contributed by atoms with Gasteiger partial charge in [-0.1, -0.05) is 11.6 Å². The van der Waals surface area contributed by atoms with E-state index in [4.69, 9.17) is 21.1 Å². The van der Waals surface area contributed by atoms with Gasteiger partial charge in [0.2, 0.25) is 0 Å². The fraction of sp³-hybridized carbons (Fsp3) is 0.417. The molecule has 0 heterocycles. The number of hydrogen-bond acceptors (Lipinski definition) is 3. The van der Waals surface area contributed by atoms with Gasteiger partial charge in [0, 0.05) is 12.1 Å². The van der Waals surface area contributed by atoms with Gasteiger partial charge < -0.3 is 9.47 Å². The molecule has 0 radical (unpaired) electrons. The van der Waals surface area contributed by atoms with Crippen LogP contribution < -0.4 is 9.47 Å². The molecule has 0 N–H and O–H groups in total. The fourth-order valence-electron chi connectivity index (χ4n) is 1.18. The number of nitrogens with zero attached hydrogens (tertiary/aromatic N) is 2. The van der Waals surface area contributed by atoms with Crippen LogP contribution in [0.2, 0.25) is 5.02 Å². The number of halogens is 1. The molecule has 0 spiro atoms. The molecule has 0 amide bonds. The predicted molar refractivity (Wildman–Crippen MR) is 70.7 cm³/mol. The molecule has 0 bridgehead atoms. The average Bonchev–Trinajstić information content (AvgIpc) is 2.25. The van der Waals surface area contributed by atoms with E-state index in [1.54, 1.807) is 26.4 Å². The number of rotatable bonds is 4. The van der Waals surface area contributed by atoms with Crippen molar-refractivity contribution >= 4 is 23.6 Å². The van der Waals surface area contributed by atoms with E-state index < -0.39 is 0 Å². The Morgan fingerprint density at radius 2 is 1.71 bits per heavy atom. The maximum Gasteiger partial charge on any atom is 0.189 e. The van der Waals surface area contributed by atoms with Gasteiger partial charge in [-0.2, -0.15) is 4.99 Å². The zero-order valence-corrected chi connectivity index (χ0v) is 11.6. The van der Waals surface area contributed by atoms with Crippen LogP contribution in [0.3, 0.4) is 0 Å². The average molecular weight is 258 g/mol. The lowest BCUT2D eigenvalue weighted by atomic mass is 10.3. The Balaban J connectivity index is 3.17. The van der Waals surface area contributed by atoms with Crippen LogP contribution in [0.4, 0.5) is 5.69 Å². The summed E-state index contributed by atoms with van der Waals surface area (Å²) < 4.78 is 11.0. The van der Waals surface area contributed by atoms with Crippen LogP contribution in [-0.4, -0.2) is 46.2 Å². The van der Waals surface area contributed by atoms with E-state index in [0.717, 1.165) is 0 Å². The maximum atomic E-state index is 6.01. The van der Waals surface area contributed by atoms with E-state index in [0.29, 0.717) is 26.7 Å². The highest BCUT2D eigenvalue weighted by Crippen LogP contribution is 2.37. The van der Waals surface area contributed by atoms with Crippen molar-refractivity contribution in [1.29, 1.82) is 0 Å². The van der Waals surface area contributed by atoms with Gasteiger partial charge in [-0.15, -0.1) is 0 Å². The van der Waals surface area contributed by atoms with Gasteiger partial charge in [-0.25, -0.2) is 0 Å². The van der Waals surface area contributed by atoms with Gasteiger partial charge in [0.25, 0.3) is 0 Å². The molecule has 0 saturated carbocycles. The molecular weight excluding hydrogens is 240 g/mol. The summed E-state index contributed by atoms with van der Waals surface area (Å²) >= 11 is 6.01. The molecule has 1 aromatic rings. The lowest BCUT2D eigenvalue weighted by Gasteiger charge is -2.16. The van der Waals surface area contributed by atoms with Gasteiger partial charge >= 0.3 is 0 Å². The Labute approximate surface area is 107 Å². The maximum absolute atomic E-state index is 6.01. The summed E-state index contributed by atoms with van der Waals surface area (Å²) in [6.45, 7) is 0. The Bertz CT molecular complexity index is 425. The van der Waals surface area contributed by atoms with E-state index in [1.807, 2.05) is 27.5 Å². The molecule has 4 nitrogen and oxygen atoms in total. The summed E-state index contributed by atoms with van der Waals surface area (Å²) in [5, 5.41) is 0.508. The molecule has 1 rings (SSSR count). The van der Waals surface area contributed by atoms with Gasteiger partial charge in [0.05, 0.1) is 40.4 Å². The molecule has 0 aromatic heterocycles. The minimum absolute atomic E-state index is 0.508. The highest BCUT2D eigenvalue weighted by Gasteiger charge is 2.10. The second-order valence-electron chi connectivity index (χ2n) is 4.52. The summed E-state index contributed by atoms with van der Waals surface area (Å²) in [5.74, 6) is 1.21. The molecule has 5 heteroatoms. The Morgan fingerprint density at radius 3 is 2.18 bits per heavy atom. The second kappa shape index (κ2) is 5.38. The first kappa shape index (κ1) is 13.8. The van der Waals surface area contributed by atoms with Crippen molar-refractivity contribution in [3.8, 4) is 11.5 Å². The van der Waals surface area contributed by atoms with E-state index in [9.17, 15) is 0 Å². The Morgan fingerprint density at radius 1 is 1.12 bits per heavy atom. The summed E-state index contributed by atoms with van der Waals surface area (Å²) in [7, 11) is 9.21. The van der Waals surface area contributed by atoms with Crippen molar-refractivity contribution in [2.75, 3.05) is 35.4 Å². The molecule has 0 atom stereocenters. The monoisotopic (exact) mass is 257 g/mol. The number of methoxy groups -OCH3 is 2. The van der Waals surface area contributed by atoms with Crippen molar-refractivity contribution in [1.82, 2.24) is 0 Å². The number of quaternary nitrogens is 1. The first-order chi connectivity index (χ1) is 7.87. The zero-order chi connectivity index (χ0) is 13.1. The summed E-state index contributed by atoms with van der Waals surface area (Å²) in [5.41, 5.74) is 0.696. The smallest absolute Gasteiger partial charge is 0.189 e. The van der Waals surface area contributed by atoms with Crippen molar-refractivity contribution in [3.63, 3.8) is 0 Å². The van der Waals surface area contributed by atoms with Gasteiger partial charge in [0.1, 0.15) is 17.2 Å². The highest BCUT2D eigenvalue weighted by atomic mass is 35.5. The molecular formula is C12H18ClN2O2+. The van der Waals surface area contributed by atoms with E-state index in [1.165, 1.54) is 0 Å². The van der Waals surface area contributed by atoms with Crippen LogP contribution in [-0.2, 0) is 0 Å². The second-order valence-corrected chi connectivity index (χ2v) is 4.93. The molecule has 17 heavy (non-hydrogen) atoms. The first-order valence-electron chi connectivity index (χ1n) is 5.15. The molecule has 0 saturated heterocycles. The summed E-state index contributed by atoms with van der Waals surface area (Å²) in [4.78, 5) is 4.38. The zero-order valence-electron chi connectivity index (χ0n) is 10.8. The third-order valence-corrected chi connectivity index (χ3v) is 2.29. The fourth-order valence-corrected chi connectivity index (χ4v) is 1.41. The van der Waals surface area contributed by atoms with Crippen LogP contribution in [0.25, 0.3) is 0 Å². The van der Waals surface area contributed by atoms with Crippen LogP contribution in [0.15, 0.2) is 17.1 Å². The normalized spacial score (nSPS) is 11.9. The van der Waals surface area contributed by atoms with Crippen LogP contribution >= 0.6 is 11.6 Å². The predicted octanol–water partition coefficient (Wildman–Crippen LogP) is 2.72. The number of aliphatic imine (C=N–C) groups is 1. The number of benzene rings is 1. The first-order valence-corrected chi connectivity index (χ1v) is 5.53. The standard InChI is InChI=1S/C12H18ClN2O2/c1-15(2,3)8-14-10-7-11(16-4)9(13)6-12(10)17-5/h6-8H,1-5H3/q+1. The summed E-state index contributed by atoms with van der Waals surface area (Å²) in [6, 6.07) is 3.45. The number of ether oxygens (including phenoxy) is 2. The van der Waals surface area contributed by atoms with E-state index in [-0.39, 0.29) is 0 Å². The third kappa shape index (κ3) is 3.91. The minimum atomic E-state index is 0.508. The van der Waals surface area contributed by atoms with Crippen LogP contribution in [0, 0.1) is 0 Å². The lowest BCUT2D eigenvalue weighted by Crippen LogP contribution is -2.32. The van der Waals surface area contributed by atoms with Gasteiger partial charge in [-0.3, -0.25) is 4.48 Å². The summed E-state index contributed by atoms with van der Waals surface area (Å²) in [6.07, 6.45) is 1.81. The molecule has 94 valence electrons. The van der Waals surface area contributed by atoms with Crippen LogP contribution in [0.1, 0.15) is 0 Å². The third-order valence-electron chi connectivity index (χ3n) is 2.00. The molecule has 0 unspecified atom stereocenters. The molecule has 0 fully saturated rings. The van der Waals surface area contributed by atoms with Crippen molar-refractivity contribution in [3.05, 3.63) is 17.2 Å². The highest BCUT2D eigenvalue weighted by molar-refractivity contribution is 6.32. The van der Waals surface area contributed by atoms with E-state index in [2.05, 4.69) is 4.99 Å². The number of hydrogen-bond donors (Lipinski definition) is 0. The van der Waals surface area contributed by atoms with Gasteiger partial charge in [-0.05, 0) is 0 Å². The quantitative estimate of drug-likeness (QED) is 0.472. The van der Waals surface area contributed by atoms with Gasteiger partial charge in [0.15, 0.2) is 6.34 Å². The topological polar surface area (TPSA) is 30.8 Å². The lowest BCUT2D eigenvalue weighted by molar-refractivity contribution is -0.769. The van der Waals surface area contributed by atoms with Crippen molar-refractivity contribution < 1.29 is 14.0 Å². The largest absolute Gasteiger partial charge is 0.495 e. The molecule has 0 aliphatic rings. The SMILES string of the molecule is COc1cc(N=C[N+](C)(C)C)c(OC)cc1Cl. The molecule has 0 aliphatic heterocycles. The Hall–Kier alpha value is -1.26.